The number of imide groups is 1. The minimum Gasteiger partial charge on any atom is -0.495 e. The molecule has 2 aromatic carbocycles. The average molecular weight is 452 g/mol. The number of anilines is 2. The molecular formula is C24H25FN4O4. The molecule has 0 aliphatic carbocycles. The van der Waals surface area contributed by atoms with Crippen LogP contribution in [0, 0.1) is 5.82 Å². The van der Waals surface area contributed by atoms with Crippen LogP contribution in [0.4, 0.5) is 20.6 Å². The van der Waals surface area contributed by atoms with Gasteiger partial charge in [0.2, 0.25) is 5.91 Å². The molecule has 0 spiro atoms. The highest BCUT2D eigenvalue weighted by Crippen LogP contribution is 2.25. The van der Waals surface area contributed by atoms with Gasteiger partial charge in [-0.3, -0.25) is 9.59 Å². The number of amides is 4. The lowest BCUT2D eigenvalue weighted by Gasteiger charge is -2.28. The van der Waals surface area contributed by atoms with Gasteiger partial charge in [0.05, 0.1) is 12.8 Å². The molecule has 2 saturated heterocycles. The first-order valence-corrected chi connectivity index (χ1v) is 10.8. The lowest BCUT2D eigenvalue weighted by molar-refractivity contribution is -0.127. The summed E-state index contributed by atoms with van der Waals surface area (Å²) in [5, 5.41) is 5.03. The van der Waals surface area contributed by atoms with E-state index in [2.05, 4.69) is 15.5 Å². The maximum absolute atomic E-state index is 14.7. The normalized spacial score (nSPS) is 17.3. The lowest BCUT2D eigenvalue weighted by atomic mass is 10.1. The first kappa shape index (κ1) is 22.3. The van der Waals surface area contributed by atoms with E-state index < -0.39 is 30.2 Å². The van der Waals surface area contributed by atoms with E-state index in [4.69, 9.17) is 4.74 Å². The van der Waals surface area contributed by atoms with Crippen molar-refractivity contribution in [2.45, 2.75) is 19.3 Å². The molecule has 0 radical (unpaired) electrons. The van der Waals surface area contributed by atoms with Crippen molar-refractivity contribution in [1.82, 2.24) is 10.2 Å². The van der Waals surface area contributed by atoms with E-state index in [0.29, 0.717) is 11.4 Å². The quantitative estimate of drug-likeness (QED) is 0.518. The highest BCUT2D eigenvalue weighted by molar-refractivity contribution is 6.16. The molecular weight excluding hydrogens is 427 g/mol. The predicted molar refractivity (Wildman–Crippen MR) is 122 cm³/mol. The second-order valence-electron chi connectivity index (χ2n) is 7.88. The first-order valence-electron chi connectivity index (χ1n) is 10.8. The Balaban J connectivity index is 1.44. The van der Waals surface area contributed by atoms with Gasteiger partial charge in [0.25, 0.3) is 5.91 Å². The van der Waals surface area contributed by atoms with Crippen LogP contribution in [0.3, 0.4) is 0 Å². The average Bonchev–Trinajstić information content (AvgIpc) is 3.08. The Bertz CT molecular complexity index is 1110. The SMILES string of the molecule is COc1ccccc1NC(=O)CN1C(=O)NC(=Cc2ccc(N3CCCCC3)cc2F)C1=O. The Morgan fingerprint density at radius 2 is 1.91 bits per heavy atom. The number of carbonyl (C=O) groups is 3. The van der Waals surface area contributed by atoms with Gasteiger partial charge in [-0.05, 0) is 55.7 Å². The molecule has 33 heavy (non-hydrogen) atoms. The van der Waals surface area contributed by atoms with Crippen LogP contribution in [0.15, 0.2) is 48.2 Å². The van der Waals surface area contributed by atoms with E-state index in [1.807, 2.05) is 0 Å². The van der Waals surface area contributed by atoms with Crippen molar-refractivity contribution in [3.63, 3.8) is 0 Å². The van der Waals surface area contributed by atoms with Crippen molar-refractivity contribution in [2.24, 2.45) is 0 Å². The number of nitrogens with one attached hydrogen (secondary N) is 2. The van der Waals surface area contributed by atoms with Gasteiger partial charge in [-0.1, -0.05) is 12.1 Å². The third-order valence-electron chi connectivity index (χ3n) is 5.65. The molecule has 8 nitrogen and oxygen atoms in total. The number of halogens is 1. The molecule has 172 valence electrons. The van der Waals surface area contributed by atoms with Gasteiger partial charge >= 0.3 is 6.03 Å². The van der Waals surface area contributed by atoms with Crippen LogP contribution in [0.2, 0.25) is 0 Å². The number of urea groups is 1. The van der Waals surface area contributed by atoms with Crippen LogP contribution in [0.25, 0.3) is 6.08 Å². The van der Waals surface area contributed by atoms with Gasteiger partial charge in [-0.15, -0.1) is 0 Å². The molecule has 4 rings (SSSR count). The van der Waals surface area contributed by atoms with Crippen LogP contribution >= 0.6 is 0 Å². The van der Waals surface area contributed by atoms with Gasteiger partial charge in [-0.2, -0.15) is 0 Å². The molecule has 2 fully saturated rings. The fraction of sp³-hybridized carbons (Fsp3) is 0.292. The van der Waals surface area contributed by atoms with Crippen LogP contribution in [-0.4, -0.2) is 49.5 Å². The number of carbonyl (C=O) groups excluding carboxylic acids is 3. The summed E-state index contributed by atoms with van der Waals surface area (Å²) in [6, 6.07) is 10.9. The molecule has 2 aliphatic rings. The van der Waals surface area contributed by atoms with E-state index >= 15 is 0 Å². The fourth-order valence-electron chi connectivity index (χ4n) is 3.93. The minimum atomic E-state index is -0.744. The third-order valence-corrected chi connectivity index (χ3v) is 5.65. The maximum atomic E-state index is 14.7. The summed E-state index contributed by atoms with van der Waals surface area (Å²) in [5.74, 6) is -1.30. The van der Waals surface area contributed by atoms with Crippen molar-refractivity contribution in [2.75, 3.05) is 37.0 Å². The molecule has 0 bridgehead atoms. The maximum Gasteiger partial charge on any atom is 0.329 e. The highest BCUT2D eigenvalue weighted by Gasteiger charge is 2.35. The van der Waals surface area contributed by atoms with E-state index in [9.17, 15) is 18.8 Å². The number of ether oxygens (including phenoxy) is 1. The summed E-state index contributed by atoms with van der Waals surface area (Å²) in [6.45, 7) is 1.29. The number of hydrogen-bond donors (Lipinski definition) is 2. The standard InChI is InChI=1S/C24H25FN4O4/c1-33-21-8-4-3-7-19(21)26-22(30)15-29-23(31)20(27-24(29)32)13-16-9-10-17(14-18(16)25)28-11-5-2-6-12-28/h3-4,7-10,13-14H,2,5-6,11-12,15H2,1H3,(H,26,30)(H,27,32). The molecule has 0 saturated carbocycles. The molecule has 0 atom stereocenters. The number of para-hydroxylation sites is 2. The monoisotopic (exact) mass is 452 g/mol. The van der Waals surface area contributed by atoms with Crippen LogP contribution in [0.5, 0.6) is 5.75 Å². The summed E-state index contributed by atoms with van der Waals surface area (Å²) < 4.78 is 19.9. The van der Waals surface area contributed by atoms with Gasteiger partial charge in [-0.25, -0.2) is 14.1 Å². The Kier molecular flexibility index (Phi) is 6.58. The number of methoxy groups -OCH3 is 1. The summed E-state index contributed by atoms with van der Waals surface area (Å²) in [6.07, 6.45) is 4.62. The van der Waals surface area contributed by atoms with Crippen molar-refractivity contribution in [3.8, 4) is 5.75 Å². The molecule has 4 amide bonds. The van der Waals surface area contributed by atoms with Crippen molar-refractivity contribution in [3.05, 3.63) is 59.5 Å². The van der Waals surface area contributed by atoms with Gasteiger partial charge in [0.15, 0.2) is 0 Å². The van der Waals surface area contributed by atoms with E-state index in [1.165, 1.54) is 25.7 Å². The molecule has 0 aromatic heterocycles. The van der Waals surface area contributed by atoms with Crippen molar-refractivity contribution < 1.29 is 23.5 Å². The van der Waals surface area contributed by atoms with Gasteiger partial charge < -0.3 is 20.3 Å². The first-order chi connectivity index (χ1) is 16.0. The van der Waals surface area contributed by atoms with E-state index in [0.717, 1.165) is 36.5 Å². The number of rotatable bonds is 6. The number of hydrogen-bond acceptors (Lipinski definition) is 5. The Hall–Kier alpha value is -3.88. The highest BCUT2D eigenvalue weighted by atomic mass is 19.1. The van der Waals surface area contributed by atoms with Crippen LogP contribution in [0.1, 0.15) is 24.8 Å². The second-order valence-corrected chi connectivity index (χ2v) is 7.88. The molecule has 2 aromatic rings. The summed E-state index contributed by atoms with van der Waals surface area (Å²) in [7, 11) is 1.47. The number of piperidine rings is 1. The minimum absolute atomic E-state index is 0.0882. The number of benzene rings is 2. The lowest BCUT2D eigenvalue weighted by Crippen LogP contribution is -2.38. The smallest absolute Gasteiger partial charge is 0.329 e. The van der Waals surface area contributed by atoms with Crippen molar-refractivity contribution in [1.29, 1.82) is 0 Å². The molecule has 0 unspecified atom stereocenters. The summed E-state index contributed by atoms with van der Waals surface area (Å²) >= 11 is 0. The second kappa shape index (κ2) is 9.72. The molecule has 2 aliphatic heterocycles. The van der Waals surface area contributed by atoms with E-state index in [-0.39, 0.29) is 11.3 Å². The van der Waals surface area contributed by atoms with Crippen LogP contribution in [-0.2, 0) is 9.59 Å². The molecule has 2 heterocycles. The predicted octanol–water partition coefficient (Wildman–Crippen LogP) is 3.36. The van der Waals surface area contributed by atoms with Gasteiger partial charge in [0.1, 0.15) is 23.8 Å². The summed E-state index contributed by atoms with van der Waals surface area (Å²) in [5.41, 5.74) is 1.31. The van der Waals surface area contributed by atoms with Crippen LogP contribution < -0.4 is 20.3 Å². The topological polar surface area (TPSA) is 91.0 Å². The zero-order valence-electron chi connectivity index (χ0n) is 18.3. The fourth-order valence-corrected chi connectivity index (χ4v) is 3.93. The molecule has 2 N–H and O–H groups in total. The zero-order chi connectivity index (χ0) is 23.4. The van der Waals surface area contributed by atoms with Gasteiger partial charge in [0, 0.05) is 24.3 Å². The van der Waals surface area contributed by atoms with Crippen molar-refractivity contribution >= 4 is 35.3 Å². The molecule has 9 heteroatoms. The summed E-state index contributed by atoms with van der Waals surface area (Å²) in [4.78, 5) is 40.3. The Labute approximate surface area is 191 Å². The third kappa shape index (κ3) is 4.97. The largest absolute Gasteiger partial charge is 0.495 e. The zero-order valence-corrected chi connectivity index (χ0v) is 18.3. The Morgan fingerprint density at radius 1 is 1.15 bits per heavy atom. The number of nitrogens with zero attached hydrogens (tertiary/aromatic N) is 2. The van der Waals surface area contributed by atoms with E-state index in [1.54, 1.807) is 36.4 Å². The Morgan fingerprint density at radius 3 is 2.64 bits per heavy atom.